The third-order valence-corrected chi connectivity index (χ3v) is 5.94. The van der Waals surface area contributed by atoms with Crippen molar-refractivity contribution >= 4 is 27.3 Å². The minimum absolute atomic E-state index is 0.223. The number of ether oxygens (including phenoxy) is 1. The highest BCUT2D eigenvalue weighted by Crippen LogP contribution is 2.23. The molecule has 0 radical (unpaired) electrons. The summed E-state index contributed by atoms with van der Waals surface area (Å²) in [5.41, 5.74) is 3.48. The first kappa shape index (κ1) is 22.4. The largest absolute Gasteiger partial charge is 0.494 e. The summed E-state index contributed by atoms with van der Waals surface area (Å²) >= 11 is 0. The number of carbonyl (C=O) groups is 1. The van der Waals surface area contributed by atoms with Crippen molar-refractivity contribution in [3.05, 3.63) is 89.5 Å². The van der Waals surface area contributed by atoms with Crippen LogP contribution in [0.25, 0.3) is 0 Å². The summed E-state index contributed by atoms with van der Waals surface area (Å²) in [6.07, 6.45) is 1.18. The predicted octanol–water partition coefficient (Wildman–Crippen LogP) is 4.61. The van der Waals surface area contributed by atoms with Gasteiger partial charge in [-0.3, -0.25) is 9.10 Å². The van der Waals surface area contributed by atoms with Gasteiger partial charge in [0.2, 0.25) is 10.0 Å². The maximum atomic E-state index is 12.6. The van der Waals surface area contributed by atoms with Gasteiger partial charge in [-0.1, -0.05) is 30.3 Å². The molecular formula is C24H26N2O4S. The maximum absolute atomic E-state index is 12.6. The van der Waals surface area contributed by atoms with Gasteiger partial charge in [-0.15, -0.1) is 0 Å². The second kappa shape index (κ2) is 9.66. The van der Waals surface area contributed by atoms with Gasteiger partial charge in [-0.25, -0.2) is 8.42 Å². The van der Waals surface area contributed by atoms with Crippen molar-refractivity contribution in [2.24, 2.45) is 0 Å². The molecule has 0 unspecified atom stereocenters. The zero-order valence-electron chi connectivity index (χ0n) is 17.8. The van der Waals surface area contributed by atoms with E-state index in [0.29, 0.717) is 29.3 Å². The summed E-state index contributed by atoms with van der Waals surface area (Å²) in [6.45, 7) is 4.61. The first-order chi connectivity index (χ1) is 14.8. The first-order valence-corrected chi connectivity index (χ1v) is 11.8. The molecule has 0 atom stereocenters. The summed E-state index contributed by atoms with van der Waals surface area (Å²) < 4.78 is 31.6. The Morgan fingerprint density at radius 1 is 1.00 bits per heavy atom. The lowest BCUT2D eigenvalue weighted by atomic mass is 10.1. The molecule has 3 rings (SSSR count). The lowest BCUT2D eigenvalue weighted by Gasteiger charge is -2.23. The fraction of sp³-hybridized carbons (Fsp3) is 0.208. The van der Waals surface area contributed by atoms with Gasteiger partial charge in [0.25, 0.3) is 5.91 Å². The maximum Gasteiger partial charge on any atom is 0.255 e. The van der Waals surface area contributed by atoms with Gasteiger partial charge in [-0.05, 0) is 61.4 Å². The Labute approximate surface area is 183 Å². The quantitative estimate of drug-likeness (QED) is 0.557. The molecule has 6 nitrogen and oxygen atoms in total. The van der Waals surface area contributed by atoms with Crippen molar-refractivity contribution in [2.75, 3.05) is 22.5 Å². The molecule has 1 amide bonds. The zero-order chi connectivity index (χ0) is 22.4. The molecule has 0 bridgehead atoms. The highest BCUT2D eigenvalue weighted by atomic mass is 32.2. The molecule has 0 aliphatic rings. The topological polar surface area (TPSA) is 75.7 Å². The van der Waals surface area contributed by atoms with E-state index in [4.69, 9.17) is 4.74 Å². The third kappa shape index (κ3) is 5.86. The molecule has 0 aliphatic heterocycles. The third-order valence-electron chi connectivity index (χ3n) is 4.80. The van der Waals surface area contributed by atoms with Gasteiger partial charge in [-0.2, -0.15) is 0 Å². The van der Waals surface area contributed by atoms with E-state index in [1.807, 2.05) is 44.2 Å². The van der Waals surface area contributed by atoms with Crippen molar-refractivity contribution in [1.29, 1.82) is 0 Å². The van der Waals surface area contributed by atoms with Crippen molar-refractivity contribution in [3.8, 4) is 5.75 Å². The average molecular weight is 439 g/mol. The van der Waals surface area contributed by atoms with Crippen molar-refractivity contribution in [3.63, 3.8) is 0 Å². The Hall–Kier alpha value is -3.32. The summed E-state index contributed by atoms with van der Waals surface area (Å²) in [5.74, 6) is 0.389. The molecule has 0 aromatic heterocycles. The van der Waals surface area contributed by atoms with E-state index in [1.165, 1.54) is 10.6 Å². The van der Waals surface area contributed by atoms with Gasteiger partial charge >= 0.3 is 0 Å². The average Bonchev–Trinajstić information content (AvgIpc) is 2.73. The Bertz CT molecular complexity index is 1160. The number of hydrogen-bond acceptors (Lipinski definition) is 4. The highest BCUT2D eigenvalue weighted by Gasteiger charge is 2.19. The van der Waals surface area contributed by atoms with Crippen LogP contribution in [0.3, 0.4) is 0 Å². The fourth-order valence-electron chi connectivity index (χ4n) is 3.15. The van der Waals surface area contributed by atoms with Crippen molar-refractivity contribution in [2.45, 2.75) is 20.4 Å². The SMILES string of the molecule is CCOc1cccc(NC(=O)c2ccc(N(Cc3ccccc3C)S(C)(=O)=O)cc2)c1. The van der Waals surface area contributed by atoms with Crippen molar-refractivity contribution < 1.29 is 17.9 Å². The number of benzene rings is 3. The van der Waals surface area contributed by atoms with Crippen LogP contribution < -0.4 is 14.4 Å². The van der Waals surface area contributed by atoms with Gasteiger partial charge in [0.1, 0.15) is 5.75 Å². The number of nitrogens with one attached hydrogen (secondary N) is 1. The van der Waals surface area contributed by atoms with Crippen LogP contribution in [0.1, 0.15) is 28.4 Å². The fourth-order valence-corrected chi connectivity index (χ4v) is 4.03. The minimum atomic E-state index is -3.51. The van der Waals surface area contributed by atoms with E-state index in [0.717, 1.165) is 11.1 Å². The molecule has 0 aliphatic carbocycles. The van der Waals surface area contributed by atoms with Crippen LogP contribution in [0.15, 0.2) is 72.8 Å². The van der Waals surface area contributed by atoms with E-state index in [-0.39, 0.29) is 12.5 Å². The monoisotopic (exact) mass is 438 g/mol. The van der Waals surface area contributed by atoms with Crippen LogP contribution in [0.4, 0.5) is 11.4 Å². The van der Waals surface area contributed by atoms with Crippen LogP contribution in [0.5, 0.6) is 5.75 Å². The highest BCUT2D eigenvalue weighted by molar-refractivity contribution is 7.92. The molecule has 0 saturated carbocycles. The van der Waals surface area contributed by atoms with Crippen LogP contribution in [-0.2, 0) is 16.6 Å². The molecule has 3 aromatic rings. The summed E-state index contributed by atoms with van der Waals surface area (Å²) in [4.78, 5) is 12.6. The van der Waals surface area contributed by atoms with Crippen molar-refractivity contribution in [1.82, 2.24) is 0 Å². The molecule has 162 valence electrons. The Morgan fingerprint density at radius 2 is 1.71 bits per heavy atom. The lowest BCUT2D eigenvalue weighted by Crippen LogP contribution is -2.29. The molecule has 31 heavy (non-hydrogen) atoms. The van der Waals surface area contributed by atoms with Gasteiger partial charge < -0.3 is 10.1 Å². The molecular weight excluding hydrogens is 412 g/mol. The van der Waals surface area contributed by atoms with E-state index < -0.39 is 10.0 Å². The standard InChI is InChI=1S/C24H26N2O4S/c1-4-30-23-11-7-10-21(16-23)25-24(27)19-12-14-22(15-13-19)26(31(3,28)29)17-20-9-6-5-8-18(20)2/h5-16H,4,17H2,1-3H3,(H,25,27). The normalized spacial score (nSPS) is 11.1. The number of nitrogens with zero attached hydrogens (tertiary/aromatic N) is 1. The number of sulfonamides is 1. The smallest absolute Gasteiger partial charge is 0.255 e. The first-order valence-electron chi connectivity index (χ1n) is 9.94. The number of carbonyl (C=O) groups excluding carboxylic acids is 1. The second-order valence-electron chi connectivity index (χ2n) is 7.16. The molecule has 0 fully saturated rings. The van der Waals surface area contributed by atoms with Gasteiger partial charge in [0.15, 0.2) is 0 Å². The summed E-state index contributed by atoms with van der Waals surface area (Å²) in [5, 5.41) is 2.83. The molecule has 1 N–H and O–H groups in total. The van der Waals surface area contributed by atoms with Crippen LogP contribution in [0.2, 0.25) is 0 Å². The molecule has 0 heterocycles. The van der Waals surface area contributed by atoms with Crippen LogP contribution in [0, 0.1) is 6.92 Å². The summed E-state index contributed by atoms with van der Waals surface area (Å²) in [7, 11) is -3.51. The van der Waals surface area contributed by atoms with E-state index in [2.05, 4.69) is 5.32 Å². The summed E-state index contributed by atoms with van der Waals surface area (Å²) in [6, 6.07) is 21.3. The zero-order valence-corrected chi connectivity index (χ0v) is 18.6. The molecule has 0 saturated heterocycles. The number of rotatable bonds is 8. The lowest BCUT2D eigenvalue weighted by molar-refractivity contribution is 0.102. The predicted molar refractivity (Wildman–Crippen MR) is 124 cm³/mol. The number of amides is 1. The number of hydrogen-bond donors (Lipinski definition) is 1. The van der Waals surface area contributed by atoms with Gasteiger partial charge in [0.05, 0.1) is 25.1 Å². The van der Waals surface area contributed by atoms with Gasteiger partial charge in [0, 0.05) is 17.3 Å². The molecule has 3 aromatic carbocycles. The number of anilines is 2. The number of aryl methyl sites for hydroxylation is 1. The second-order valence-corrected chi connectivity index (χ2v) is 9.06. The Kier molecular flexibility index (Phi) is 6.97. The minimum Gasteiger partial charge on any atom is -0.494 e. The van der Waals surface area contributed by atoms with Crippen LogP contribution in [-0.4, -0.2) is 27.2 Å². The Morgan fingerprint density at radius 3 is 2.35 bits per heavy atom. The van der Waals surface area contributed by atoms with E-state index in [1.54, 1.807) is 42.5 Å². The van der Waals surface area contributed by atoms with E-state index in [9.17, 15) is 13.2 Å². The van der Waals surface area contributed by atoms with Crippen LogP contribution >= 0.6 is 0 Å². The Balaban J connectivity index is 1.79. The van der Waals surface area contributed by atoms with E-state index >= 15 is 0 Å². The molecule has 0 spiro atoms. The molecule has 7 heteroatoms.